The van der Waals surface area contributed by atoms with Crippen molar-refractivity contribution in [3.05, 3.63) is 94.3 Å². The topological polar surface area (TPSA) is 181 Å². The number of aromatic nitrogens is 3. The Balaban J connectivity index is 0.863. The predicted octanol–water partition coefficient (Wildman–Crippen LogP) is 5.94. The maximum absolute atomic E-state index is 13.4. The molecule has 8 rings (SSSR count). The Labute approximate surface area is 331 Å². The molecule has 2 aliphatic heterocycles. The number of unbranched alkanes of at least 4 members (excludes halogenated alkanes) is 3. The van der Waals surface area contributed by atoms with Gasteiger partial charge in [0.05, 0.1) is 61.4 Å². The Morgan fingerprint density at radius 2 is 1.50 bits per heavy atom. The highest BCUT2D eigenvalue weighted by Gasteiger charge is 2.46. The third-order valence-corrected chi connectivity index (χ3v) is 10.5. The summed E-state index contributed by atoms with van der Waals surface area (Å²) in [4.78, 5) is 64.7. The Hall–Kier alpha value is -7.03. The van der Waals surface area contributed by atoms with Crippen molar-refractivity contribution in [3.63, 3.8) is 0 Å². The van der Waals surface area contributed by atoms with E-state index in [9.17, 15) is 24.0 Å². The first-order valence-corrected chi connectivity index (χ1v) is 18.9. The minimum absolute atomic E-state index is 0.0547. The summed E-state index contributed by atoms with van der Waals surface area (Å²) in [5.41, 5.74) is 2.73. The Bertz CT molecular complexity index is 2670. The van der Waals surface area contributed by atoms with E-state index in [0.717, 1.165) is 36.1 Å². The van der Waals surface area contributed by atoms with Crippen molar-refractivity contribution in [1.82, 2.24) is 25.2 Å². The van der Waals surface area contributed by atoms with E-state index < -0.39 is 29.7 Å². The van der Waals surface area contributed by atoms with Crippen LogP contribution in [0.5, 0.6) is 23.0 Å². The van der Waals surface area contributed by atoms with Gasteiger partial charge < -0.3 is 23.4 Å². The molecular weight excluding hydrogens is 746 g/mol. The third kappa shape index (κ3) is 6.88. The molecule has 4 heterocycles. The van der Waals surface area contributed by atoms with Gasteiger partial charge in [0.1, 0.15) is 40.5 Å². The normalized spacial score (nSPS) is 15.2. The van der Waals surface area contributed by atoms with Crippen LogP contribution < -0.4 is 29.7 Å². The molecule has 0 aliphatic carbocycles. The molecule has 1 unspecified atom stereocenters. The first-order chi connectivity index (χ1) is 28.2. The van der Waals surface area contributed by atoms with Crippen LogP contribution in [0.25, 0.3) is 44.3 Å². The molecule has 1 saturated heterocycles. The molecule has 296 valence electrons. The van der Waals surface area contributed by atoms with Gasteiger partial charge in [0.2, 0.25) is 11.8 Å². The zero-order chi connectivity index (χ0) is 40.5. The van der Waals surface area contributed by atoms with Crippen molar-refractivity contribution in [2.45, 2.75) is 51.1 Å². The lowest BCUT2D eigenvalue weighted by atomic mass is 10.0. The van der Waals surface area contributed by atoms with Crippen molar-refractivity contribution in [1.29, 1.82) is 0 Å². The summed E-state index contributed by atoms with van der Waals surface area (Å²) in [6.45, 7) is 1.01. The van der Waals surface area contributed by atoms with Gasteiger partial charge in [-0.25, -0.2) is 0 Å². The highest BCUT2D eigenvalue weighted by molar-refractivity contribution is 6.24. The highest BCUT2D eigenvalue weighted by atomic mass is 16.5. The smallest absolute Gasteiger partial charge is 0.266 e. The number of carbonyl (C=O) groups excluding carboxylic acids is 4. The van der Waals surface area contributed by atoms with Crippen LogP contribution in [0.2, 0.25) is 0 Å². The molecule has 1 atom stereocenters. The summed E-state index contributed by atoms with van der Waals surface area (Å²) in [5.74, 6) is -0.00768. The minimum atomic E-state index is -1.03. The van der Waals surface area contributed by atoms with E-state index in [4.69, 9.17) is 23.4 Å². The Kier molecular flexibility index (Phi) is 10.3. The number of imide groups is 2. The second kappa shape index (κ2) is 15.8. The standard InChI is InChI=1S/C43H39N5O10/c1-54-31-16-17-32(55-2)39-38(31)35(56-3)21-27-30(49)22-34(58-40(27)39)25-13-11-24(12-14-25)28-23-47(46-45-28)19-6-4-5-7-20-57-33-10-8-9-26-37(33)43(53)48(42(26)52)29-15-18-36(50)44-41(29)51/h8-14,16-17,21-23,29H,4-7,15,18-20H2,1-3H3,(H,44,50,51). The van der Waals surface area contributed by atoms with E-state index in [0.29, 0.717) is 74.9 Å². The molecular formula is C43H39N5O10. The minimum Gasteiger partial charge on any atom is -0.496 e. The molecule has 4 aromatic carbocycles. The van der Waals surface area contributed by atoms with Gasteiger partial charge in [0, 0.05) is 30.2 Å². The fourth-order valence-corrected chi connectivity index (χ4v) is 7.57. The summed E-state index contributed by atoms with van der Waals surface area (Å²) in [7, 11) is 4.65. The Morgan fingerprint density at radius 1 is 0.776 bits per heavy atom. The van der Waals surface area contributed by atoms with Gasteiger partial charge in [0.25, 0.3) is 11.8 Å². The average molecular weight is 786 g/mol. The molecule has 1 N–H and O–H groups in total. The monoisotopic (exact) mass is 785 g/mol. The number of rotatable bonds is 14. The fourth-order valence-electron chi connectivity index (χ4n) is 7.57. The summed E-state index contributed by atoms with van der Waals surface area (Å²) in [6, 6.07) is 18.0. The van der Waals surface area contributed by atoms with Gasteiger partial charge in [0.15, 0.2) is 11.0 Å². The van der Waals surface area contributed by atoms with Gasteiger partial charge in [-0.2, -0.15) is 0 Å². The van der Waals surface area contributed by atoms with E-state index in [2.05, 4.69) is 15.6 Å². The second-order valence-corrected chi connectivity index (χ2v) is 14.0. The van der Waals surface area contributed by atoms with Crippen molar-refractivity contribution < 1.29 is 42.5 Å². The van der Waals surface area contributed by atoms with Gasteiger partial charge in [-0.3, -0.25) is 38.9 Å². The van der Waals surface area contributed by atoms with Crippen LogP contribution in [-0.2, 0) is 16.1 Å². The number of hydrogen-bond donors (Lipinski definition) is 1. The molecule has 6 aromatic rings. The lowest BCUT2D eigenvalue weighted by Gasteiger charge is -2.27. The van der Waals surface area contributed by atoms with Crippen LogP contribution in [0.1, 0.15) is 59.2 Å². The first-order valence-electron chi connectivity index (χ1n) is 18.9. The zero-order valence-corrected chi connectivity index (χ0v) is 32.0. The van der Waals surface area contributed by atoms with Gasteiger partial charge in [-0.1, -0.05) is 42.0 Å². The van der Waals surface area contributed by atoms with Crippen LogP contribution in [0.4, 0.5) is 0 Å². The van der Waals surface area contributed by atoms with Gasteiger partial charge in [-0.05, 0) is 56.0 Å². The number of amides is 4. The maximum Gasteiger partial charge on any atom is 0.266 e. The number of piperidine rings is 1. The molecule has 15 nitrogen and oxygen atoms in total. The summed E-state index contributed by atoms with van der Waals surface area (Å²) in [6.07, 6.45) is 5.38. The Morgan fingerprint density at radius 3 is 2.24 bits per heavy atom. The molecule has 0 saturated carbocycles. The number of nitrogens with zero attached hydrogens (tertiary/aromatic N) is 4. The van der Waals surface area contributed by atoms with Crippen molar-refractivity contribution in [3.8, 4) is 45.6 Å². The van der Waals surface area contributed by atoms with Crippen LogP contribution in [0.15, 0.2) is 82.1 Å². The van der Waals surface area contributed by atoms with Crippen molar-refractivity contribution in [2.24, 2.45) is 0 Å². The molecule has 0 radical (unpaired) electrons. The van der Waals surface area contributed by atoms with Gasteiger partial charge in [-0.15, -0.1) is 5.10 Å². The van der Waals surface area contributed by atoms with E-state index in [1.165, 1.54) is 13.2 Å². The molecule has 58 heavy (non-hydrogen) atoms. The van der Waals surface area contributed by atoms with Gasteiger partial charge >= 0.3 is 0 Å². The second-order valence-electron chi connectivity index (χ2n) is 14.0. The summed E-state index contributed by atoms with van der Waals surface area (Å²) < 4.78 is 31.1. The summed E-state index contributed by atoms with van der Waals surface area (Å²) >= 11 is 0. The van der Waals surface area contributed by atoms with E-state index >= 15 is 0 Å². The third-order valence-electron chi connectivity index (χ3n) is 10.5. The fraction of sp³-hybridized carbons (Fsp3) is 0.279. The van der Waals surface area contributed by atoms with Crippen LogP contribution >= 0.6 is 0 Å². The molecule has 0 spiro atoms. The first kappa shape index (κ1) is 37.9. The highest BCUT2D eigenvalue weighted by Crippen LogP contribution is 2.44. The number of hydrogen-bond acceptors (Lipinski definition) is 12. The van der Waals surface area contributed by atoms with Crippen molar-refractivity contribution in [2.75, 3.05) is 27.9 Å². The van der Waals surface area contributed by atoms with Crippen LogP contribution in [0, 0.1) is 0 Å². The van der Waals surface area contributed by atoms with Crippen LogP contribution in [0.3, 0.4) is 0 Å². The average Bonchev–Trinajstić information content (AvgIpc) is 3.81. The quantitative estimate of drug-likeness (QED) is 0.0781. The number of aryl methyl sites for hydroxylation is 1. The summed E-state index contributed by atoms with van der Waals surface area (Å²) in [5, 5.41) is 12.4. The van der Waals surface area contributed by atoms with Crippen molar-refractivity contribution >= 4 is 45.4 Å². The van der Waals surface area contributed by atoms with Crippen LogP contribution in [-0.4, -0.2) is 77.5 Å². The lowest BCUT2D eigenvalue weighted by Crippen LogP contribution is -2.54. The van der Waals surface area contributed by atoms with E-state index in [-0.39, 0.29) is 29.4 Å². The molecule has 2 aromatic heterocycles. The largest absolute Gasteiger partial charge is 0.496 e. The molecule has 2 aliphatic rings. The number of methoxy groups -OCH3 is 3. The molecule has 1 fully saturated rings. The number of fused-ring (bicyclic) bond motifs is 4. The molecule has 4 amide bonds. The number of benzene rings is 4. The van der Waals surface area contributed by atoms with E-state index in [1.54, 1.807) is 55.3 Å². The molecule has 0 bridgehead atoms. The predicted molar refractivity (Wildman–Crippen MR) is 211 cm³/mol. The lowest BCUT2D eigenvalue weighted by molar-refractivity contribution is -0.136. The SMILES string of the molecule is COc1ccc(OC)c2c1c(OC)cc1c(=O)cc(-c3ccc(-c4cn(CCCCCCOc5cccc6c5C(=O)N(C5CCC(=O)NC5=O)C6=O)nn4)cc3)oc12. The number of ether oxygens (including phenoxy) is 4. The van der Waals surface area contributed by atoms with E-state index in [1.807, 2.05) is 30.5 Å². The molecule has 15 heteroatoms. The zero-order valence-electron chi connectivity index (χ0n) is 32.0. The maximum atomic E-state index is 13.4. The number of nitrogens with one attached hydrogen (secondary N) is 1. The number of carbonyl (C=O) groups is 4.